The van der Waals surface area contributed by atoms with Crippen LogP contribution in [0.3, 0.4) is 0 Å². The van der Waals surface area contributed by atoms with Crippen molar-refractivity contribution in [3.8, 4) is 0 Å². The fourth-order valence-corrected chi connectivity index (χ4v) is 6.69. The quantitative estimate of drug-likeness (QED) is 0.369. The molecule has 1 aliphatic heterocycles. The van der Waals surface area contributed by atoms with Crippen LogP contribution in [0.25, 0.3) is 0 Å². The zero-order valence-electron chi connectivity index (χ0n) is 24.1. The number of rotatable bonds is 6. The summed E-state index contributed by atoms with van der Waals surface area (Å²) in [7, 11) is -7.83. The van der Waals surface area contributed by atoms with Gasteiger partial charge >= 0.3 is 11.9 Å². The van der Waals surface area contributed by atoms with E-state index in [1.807, 2.05) is 13.8 Å². The van der Waals surface area contributed by atoms with Crippen molar-refractivity contribution in [2.75, 3.05) is 13.2 Å². The standard InChI is InChI=1S/C30H38N2O8S2/c1-21-11-15-25(16-12-21)41(35,36)31-27-19-39-29(33)10-6-8-24(4)28(20-40-30(34)9-5-7-23(27)3)32-42(37,38)26-17-13-22(2)14-18-26/h5-8,11-18,23-24,27-28,31-32H,9-10,19-20H2,1-4H3/t23-,24-,27-,28-/m0/s1. The van der Waals surface area contributed by atoms with E-state index in [1.54, 1.807) is 62.4 Å². The van der Waals surface area contributed by atoms with Crippen molar-refractivity contribution in [1.29, 1.82) is 0 Å². The van der Waals surface area contributed by atoms with Crippen molar-refractivity contribution in [2.24, 2.45) is 11.8 Å². The van der Waals surface area contributed by atoms with Crippen LogP contribution in [0.2, 0.25) is 0 Å². The number of aryl methyl sites for hydroxylation is 2. The first-order valence-corrected chi connectivity index (χ1v) is 16.6. The first-order chi connectivity index (χ1) is 19.8. The molecule has 2 N–H and O–H groups in total. The van der Waals surface area contributed by atoms with E-state index >= 15 is 0 Å². The maximum atomic E-state index is 13.0. The van der Waals surface area contributed by atoms with Crippen LogP contribution in [-0.2, 0) is 39.1 Å². The summed E-state index contributed by atoms with van der Waals surface area (Å²) in [6.45, 7) is 6.70. The Kier molecular flexibility index (Phi) is 11.6. The zero-order chi connectivity index (χ0) is 30.9. The summed E-state index contributed by atoms with van der Waals surface area (Å²) in [5.41, 5.74) is 1.82. The van der Waals surface area contributed by atoms with E-state index in [0.29, 0.717) is 0 Å². The van der Waals surface area contributed by atoms with Crippen LogP contribution < -0.4 is 9.44 Å². The van der Waals surface area contributed by atoms with Crippen LogP contribution in [0.4, 0.5) is 0 Å². The third kappa shape index (κ3) is 9.90. The van der Waals surface area contributed by atoms with Gasteiger partial charge in [-0.2, -0.15) is 0 Å². The minimum Gasteiger partial charge on any atom is -0.464 e. The summed E-state index contributed by atoms with van der Waals surface area (Å²) in [6.07, 6.45) is 6.13. The fraction of sp³-hybridized carbons (Fsp3) is 0.400. The number of carbonyl (C=O) groups is 2. The minimum absolute atomic E-state index is 0.0794. The van der Waals surface area contributed by atoms with Crippen LogP contribution in [0.15, 0.2) is 82.6 Å². The molecular weight excluding hydrogens is 580 g/mol. The molecule has 0 saturated heterocycles. The number of hydrogen-bond donors (Lipinski definition) is 2. The number of esters is 2. The van der Waals surface area contributed by atoms with E-state index in [1.165, 1.54) is 24.3 Å². The Balaban J connectivity index is 1.76. The van der Waals surface area contributed by atoms with Crippen molar-refractivity contribution >= 4 is 32.0 Å². The number of ether oxygens (including phenoxy) is 2. The van der Waals surface area contributed by atoms with E-state index in [9.17, 15) is 26.4 Å². The maximum absolute atomic E-state index is 13.0. The second-order valence-electron chi connectivity index (χ2n) is 10.4. The smallest absolute Gasteiger partial charge is 0.309 e. The Labute approximate surface area is 248 Å². The molecule has 228 valence electrons. The van der Waals surface area contributed by atoms with Crippen LogP contribution >= 0.6 is 0 Å². The highest BCUT2D eigenvalue weighted by molar-refractivity contribution is 7.89. The number of benzene rings is 2. The van der Waals surface area contributed by atoms with Crippen LogP contribution in [0.5, 0.6) is 0 Å². The Hall–Kier alpha value is -3.32. The Morgan fingerprint density at radius 1 is 0.619 bits per heavy atom. The van der Waals surface area contributed by atoms with Gasteiger partial charge < -0.3 is 9.47 Å². The zero-order valence-corrected chi connectivity index (χ0v) is 25.8. The van der Waals surface area contributed by atoms with Gasteiger partial charge in [-0.1, -0.05) is 73.5 Å². The lowest BCUT2D eigenvalue weighted by atomic mass is 10.0. The van der Waals surface area contributed by atoms with Gasteiger partial charge in [0, 0.05) is 0 Å². The van der Waals surface area contributed by atoms with Gasteiger partial charge in [-0.05, 0) is 49.9 Å². The molecule has 0 fully saturated rings. The fourth-order valence-electron chi connectivity index (χ4n) is 4.07. The number of nitrogens with one attached hydrogen (secondary N) is 2. The van der Waals surface area contributed by atoms with Crippen molar-refractivity contribution < 1.29 is 35.9 Å². The molecule has 1 heterocycles. The molecule has 0 amide bonds. The molecule has 2 aromatic carbocycles. The third-order valence-electron chi connectivity index (χ3n) is 6.84. The molecule has 12 heteroatoms. The van der Waals surface area contributed by atoms with E-state index in [2.05, 4.69) is 9.44 Å². The summed E-state index contributed by atoms with van der Waals surface area (Å²) < 4.78 is 68.1. The van der Waals surface area contributed by atoms with Gasteiger partial charge in [0.15, 0.2) is 0 Å². The lowest BCUT2D eigenvalue weighted by Gasteiger charge is -2.24. The average Bonchev–Trinajstić information content (AvgIpc) is 2.93. The van der Waals surface area contributed by atoms with E-state index in [-0.39, 0.29) is 35.8 Å². The molecule has 0 aliphatic carbocycles. The van der Waals surface area contributed by atoms with Gasteiger partial charge in [0.1, 0.15) is 13.2 Å². The van der Waals surface area contributed by atoms with Crippen molar-refractivity contribution in [1.82, 2.24) is 9.44 Å². The SMILES string of the molecule is Cc1ccc(S(=O)(=O)N[C@H]2COC(=O)CC=C[C@H](C)[C@@H](NS(=O)(=O)c3ccc(C)cc3)COC(=O)CC=C[C@@H]2C)cc1. The lowest BCUT2D eigenvalue weighted by molar-refractivity contribution is -0.144. The minimum atomic E-state index is -3.91. The molecule has 2 aromatic rings. The van der Waals surface area contributed by atoms with Crippen LogP contribution in [0.1, 0.15) is 37.8 Å². The van der Waals surface area contributed by atoms with Gasteiger partial charge in [0.25, 0.3) is 0 Å². The summed E-state index contributed by atoms with van der Waals surface area (Å²) >= 11 is 0. The summed E-state index contributed by atoms with van der Waals surface area (Å²) in [5.74, 6) is -2.07. The predicted octanol–water partition coefficient (Wildman–Crippen LogP) is 3.56. The highest BCUT2D eigenvalue weighted by atomic mass is 32.2. The molecule has 0 spiro atoms. The molecule has 3 rings (SSSR count). The Bertz CT molecular complexity index is 1380. The summed E-state index contributed by atoms with van der Waals surface area (Å²) in [6, 6.07) is 11.1. The Morgan fingerprint density at radius 2 is 0.952 bits per heavy atom. The predicted molar refractivity (Wildman–Crippen MR) is 158 cm³/mol. The van der Waals surface area contributed by atoms with E-state index in [4.69, 9.17) is 9.47 Å². The third-order valence-corrected chi connectivity index (χ3v) is 9.85. The van der Waals surface area contributed by atoms with Gasteiger partial charge in [0.05, 0.1) is 34.7 Å². The second kappa shape index (κ2) is 14.7. The molecular formula is C30H38N2O8S2. The summed E-state index contributed by atoms with van der Waals surface area (Å²) in [5, 5.41) is 0. The first kappa shape index (κ1) is 33.2. The van der Waals surface area contributed by atoms with Crippen molar-refractivity contribution in [3.63, 3.8) is 0 Å². The maximum Gasteiger partial charge on any atom is 0.309 e. The second-order valence-corrected chi connectivity index (χ2v) is 13.9. The van der Waals surface area contributed by atoms with Gasteiger partial charge in [0.2, 0.25) is 20.0 Å². The Morgan fingerprint density at radius 3 is 1.29 bits per heavy atom. The highest BCUT2D eigenvalue weighted by Crippen LogP contribution is 2.17. The topological polar surface area (TPSA) is 145 Å². The van der Waals surface area contributed by atoms with Crippen molar-refractivity contribution in [2.45, 2.75) is 62.4 Å². The molecule has 0 radical (unpaired) electrons. The number of carbonyl (C=O) groups excluding carboxylic acids is 2. The lowest BCUT2D eigenvalue weighted by Crippen LogP contribution is -2.43. The van der Waals surface area contributed by atoms with Crippen LogP contribution in [0, 0.1) is 25.7 Å². The molecule has 1 aliphatic rings. The van der Waals surface area contributed by atoms with Gasteiger partial charge in [-0.15, -0.1) is 0 Å². The normalized spacial score (nSPS) is 23.2. The largest absolute Gasteiger partial charge is 0.464 e. The molecule has 0 aromatic heterocycles. The number of sulfonamides is 2. The molecule has 0 unspecified atom stereocenters. The summed E-state index contributed by atoms with van der Waals surface area (Å²) in [4.78, 5) is 25.2. The molecule has 0 saturated carbocycles. The first-order valence-electron chi connectivity index (χ1n) is 13.6. The number of cyclic esters (lactones) is 2. The molecule has 4 atom stereocenters. The van der Waals surface area contributed by atoms with Gasteiger partial charge in [-0.25, -0.2) is 26.3 Å². The molecule has 0 bridgehead atoms. The molecule has 42 heavy (non-hydrogen) atoms. The monoisotopic (exact) mass is 618 g/mol. The molecule has 10 nitrogen and oxygen atoms in total. The van der Waals surface area contributed by atoms with Gasteiger partial charge in [-0.3, -0.25) is 9.59 Å². The number of hydrogen-bond acceptors (Lipinski definition) is 8. The average molecular weight is 619 g/mol. The highest BCUT2D eigenvalue weighted by Gasteiger charge is 2.27. The van der Waals surface area contributed by atoms with E-state index in [0.717, 1.165) is 11.1 Å². The van der Waals surface area contributed by atoms with Crippen molar-refractivity contribution in [3.05, 3.63) is 84.0 Å². The van der Waals surface area contributed by atoms with Crippen LogP contribution in [-0.4, -0.2) is 54.1 Å². The van der Waals surface area contributed by atoms with E-state index < -0.39 is 55.9 Å².